The smallest absolute Gasteiger partial charge is 0.423 e. The van der Waals surface area contributed by atoms with E-state index >= 15 is 0 Å². The van der Waals surface area contributed by atoms with Gasteiger partial charge in [-0.2, -0.15) is 0 Å². The van der Waals surface area contributed by atoms with Crippen LogP contribution >= 0.6 is 11.6 Å². The molecule has 2 atom stereocenters. The number of nitrogens with one attached hydrogen (secondary N) is 1. The Morgan fingerprint density at radius 2 is 1.97 bits per heavy atom. The number of carbonyl (C=O) groups is 3. The molecule has 3 aromatic rings. The number of amides is 2. The van der Waals surface area contributed by atoms with Crippen molar-refractivity contribution >= 4 is 52.7 Å². The molecule has 0 spiro atoms. The molecule has 36 heavy (non-hydrogen) atoms. The molecular weight excluding hydrogens is 495 g/mol. The van der Waals surface area contributed by atoms with Gasteiger partial charge < -0.3 is 24.8 Å². The third-order valence-corrected chi connectivity index (χ3v) is 6.54. The van der Waals surface area contributed by atoms with Crippen molar-refractivity contribution in [1.82, 2.24) is 14.8 Å². The summed E-state index contributed by atoms with van der Waals surface area (Å²) in [6.45, 7) is 0.622. The first-order valence-electron chi connectivity index (χ1n) is 11.2. The molecule has 3 N–H and O–H groups in total. The van der Waals surface area contributed by atoms with Gasteiger partial charge in [0.15, 0.2) is 5.78 Å². The van der Waals surface area contributed by atoms with Crippen LogP contribution < -0.4 is 10.8 Å². The van der Waals surface area contributed by atoms with E-state index in [4.69, 9.17) is 11.6 Å². The van der Waals surface area contributed by atoms with Crippen LogP contribution in [0, 0.1) is 5.82 Å². The normalized spacial score (nSPS) is 17.4. The first kappa shape index (κ1) is 25.8. The maximum absolute atomic E-state index is 14.3. The first-order chi connectivity index (χ1) is 17.1. The van der Waals surface area contributed by atoms with Crippen molar-refractivity contribution in [3.63, 3.8) is 0 Å². The highest BCUT2D eigenvalue weighted by molar-refractivity contribution is 6.59. The Bertz CT molecular complexity index is 1350. The molecule has 0 aliphatic carbocycles. The highest BCUT2D eigenvalue weighted by Gasteiger charge is 2.39. The molecular formula is C24H23BClF2N3O5. The van der Waals surface area contributed by atoms with Gasteiger partial charge in [-0.15, -0.1) is 0 Å². The van der Waals surface area contributed by atoms with Gasteiger partial charge in [-0.3, -0.25) is 14.4 Å². The number of likely N-dealkylation sites (tertiary alicyclic amines) is 1. The number of nitrogens with zero attached hydrogens (tertiary/aromatic N) is 2. The number of benzene rings is 2. The minimum atomic E-state index is -1.73. The van der Waals surface area contributed by atoms with Crippen molar-refractivity contribution in [2.75, 3.05) is 6.54 Å². The van der Waals surface area contributed by atoms with E-state index in [1.807, 2.05) is 0 Å². The molecule has 0 bridgehead atoms. The van der Waals surface area contributed by atoms with Crippen molar-refractivity contribution in [1.29, 1.82) is 0 Å². The summed E-state index contributed by atoms with van der Waals surface area (Å²) in [7, 11) is -1.73. The number of rotatable bonds is 7. The highest BCUT2D eigenvalue weighted by Crippen LogP contribution is 2.25. The zero-order valence-electron chi connectivity index (χ0n) is 19.2. The Morgan fingerprint density at radius 3 is 2.67 bits per heavy atom. The summed E-state index contributed by atoms with van der Waals surface area (Å²) in [5.74, 6) is -2.11. The Balaban J connectivity index is 1.53. The summed E-state index contributed by atoms with van der Waals surface area (Å²) in [6, 6.07) is 7.75. The Kier molecular flexibility index (Phi) is 7.44. The molecule has 1 aromatic heterocycles. The lowest BCUT2D eigenvalue weighted by Crippen LogP contribution is -2.46. The van der Waals surface area contributed by atoms with Crippen LogP contribution in [0.4, 0.5) is 8.78 Å². The van der Waals surface area contributed by atoms with Gasteiger partial charge in [-0.1, -0.05) is 35.9 Å². The molecule has 2 amide bonds. The van der Waals surface area contributed by atoms with Gasteiger partial charge in [-0.25, -0.2) is 8.78 Å². The molecule has 1 saturated heterocycles. The number of halogens is 3. The number of hydrogen-bond donors (Lipinski definition) is 3. The number of hydrogen-bond acceptors (Lipinski definition) is 5. The van der Waals surface area contributed by atoms with Crippen LogP contribution in [-0.4, -0.2) is 63.0 Å². The van der Waals surface area contributed by atoms with Crippen LogP contribution in [-0.2, 0) is 22.7 Å². The third kappa shape index (κ3) is 5.13. The van der Waals surface area contributed by atoms with E-state index in [-0.39, 0.29) is 53.5 Å². The lowest BCUT2D eigenvalue weighted by Gasteiger charge is -2.24. The zero-order chi connectivity index (χ0) is 26.1. The number of Topliss-reactive ketones (excluding diaryl/α,β-unsaturated/α-hetero) is 1. The second-order valence-corrected chi connectivity index (χ2v) is 9.11. The maximum Gasteiger partial charge on any atom is 0.488 e. The van der Waals surface area contributed by atoms with Gasteiger partial charge in [0.25, 0.3) is 0 Å². The summed E-state index contributed by atoms with van der Waals surface area (Å²) in [5.41, 5.74) is 1.11. The van der Waals surface area contributed by atoms with Crippen molar-refractivity contribution in [2.24, 2.45) is 0 Å². The topological polar surface area (TPSA) is 112 Å². The second kappa shape index (κ2) is 10.4. The van der Waals surface area contributed by atoms with E-state index in [0.29, 0.717) is 10.9 Å². The van der Waals surface area contributed by atoms with E-state index in [1.54, 1.807) is 6.07 Å². The zero-order valence-corrected chi connectivity index (χ0v) is 20.0. The maximum atomic E-state index is 14.3. The minimum Gasteiger partial charge on any atom is -0.423 e. The fraction of sp³-hybridized carbons (Fsp3) is 0.292. The van der Waals surface area contributed by atoms with Gasteiger partial charge in [-0.05, 0) is 24.5 Å². The Labute approximate surface area is 210 Å². The molecule has 2 heterocycles. The van der Waals surface area contributed by atoms with Crippen LogP contribution in [0.3, 0.4) is 0 Å². The standard InChI is InChI=1S/C24H23BClF2N3O5/c1-13(32)18-11-30(20-6-5-15(25(35)36)7-17(18)20)12-22(33)31-10-16(27)8-21(31)24(34)29-9-14-3-2-4-19(26)23(14)28/h2-7,11,16,21,35-36H,8-10,12H2,1H3,(H,29,34)/t16-,21+/m1/s1. The van der Waals surface area contributed by atoms with Crippen molar-refractivity contribution < 1.29 is 33.2 Å². The molecule has 0 unspecified atom stereocenters. The van der Waals surface area contributed by atoms with Gasteiger partial charge in [0.1, 0.15) is 24.6 Å². The molecule has 8 nitrogen and oxygen atoms in total. The fourth-order valence-corrected chi connectivity index (χ4v) is 4.61. The van der Waals surface area contributed by atoms with Crippen LogP contribution in [0.2, 0.25) is 5.02 Å². The summed E-state index contributed by atoms with van der Waals surface area (Å²) in [4.78, 5) is 39.3. The van der Waals surface area contributed by atoms with Crippen molar-refractivity contribution in [3.8, 4) is 0 Å². The van der Waals surface area contributed by atoms with E-state index in [0.717, 1.165) is 4.90 Å². The van der Waals surface area contributed by atoms with Gasteiger partial charge in [0, 0.05) is 41.2 Å². The first-order valence-corrected chi connectivity index (χ1v) is 11.6. The summed E-state index contributed by atoms with van der Waals surface area (Å²) >= 11 is 5.77. The fourth-order valence-electron chi connectivity index (χ4n) is 4.42. The summed E-state index contributed by atoms with van der Waals surface area (Å²) in [5, 5.41) is 21.8. The van der Waals surface area contributed by atoms with E-state index < -0.39 is 37.0 Å². The van der Waals surface area contributed by atoms with E-state index in [1.165, 1.54) is 48.0 Å². The van der Waals surface area contributed by atoms with Crippen LogP contribution in [0.15, 0.2) is 42.6 Å². The molecule has 188 valence electrons. The number of alkyl halides is 1. The summed E-state index contributed by atoms with van der Waals surface area (Å²) < 4.78 is 29.9. The predicted molar refractivity (Wildman–Crippen MR) is 130 cm³/mol. The third-order valence-electron chi connectivity index (χ3n) is 6.25. The number of aromatic nitrogens is 1. The van der Waals surface area contributed by atoms with Gasteiger partial charge in [0.05, 0.1) is 11.6 Å². The van der Waals surface area contributed by atoms with Crippen LogP contribution in [0.1, 0.15) is 29.3 Å². The minimum absolute atomic E-state index is 0.0901. The largest absolute Gasteiger partial charge is 0.488 e. The molecule has 4 rings (SSSR count). The molecule has 1 aliphatic heterocycles. The van der Waals surface area contributed by atoms with Crippen molar-refractivity contribution in [3.05, 3.63) is 64.6 Å². The summed E-state index contributed by atoms with van der Waals surface area (Å²) in [6.07, 6.45) is -0.132. The Hall–Kier alpha value is -3.28. The predicted octanol–water partition coefficient (Wildman–Crippen LogP) is 1.57. The van der Waals surface area contributed by atoms with Crippen LogP contribution in [0.25, 0.3) is 10.9 Å². The van der Waals surface area contributed by atoms with Crippen LogP contribution in [0.5, 0.6) is 0 Å². The van der Waals surface area contributed by atoms with Gasteiger partial charge in [0.2, 0.25) is 11.8 Å². The molecule has 0 saturated carbocycles. The SMILES string of the molecule is CC(=O)c1cn(CC(=O)N2C[C@H](F)C[C@H]2C(=O)NCc2cccc(Cl)c2F)c2ccc(B(O)O)cc12. The quantitative estimate of drug-likeness (QED) is 0.325. The van der Waals surface area contributed by atoms with E-state index in [2.05, 4.69) is 5.32 Å². The molecule has 0 radical (unpaired) electrons. The Morgan fingerprint density at radius 1 is 1.22 bits per heavy atom. The monoisotopic (exact) mass is 517 g/mol. The average molecular weight is 518 g/mol. The van der Waals surface area contributed by atoms with Crippen molar-refractivity contribution in [2.45, 2.75) is 38.6 Å². The number of fused-ring (bicyclic) bond motifs is 1. The second-order valence-electron chi connectivity index (χ2n) is 8.70. The molecule has 1 fully saturated rings. The lowest BCUT2D eigenvalue weighted by molar-refractivity contribution is -0.139. The molecule has 1 aliphatic rings. The highest BCUT2D eigenvalue weighted by atomic mass is 35.5. The molecule has 2 aromatic carbocycles. The van der Waals surface area contributed by atoms with E-state index in [9.17, 15) is 33.2 Å². The lowest BCUT2D eigenvalue weighted by atomic mass is 9.79. The average Bonchev–Trinajstić information content (AvgIpc) is 3.40. The molecule has 12 heteroatoms. The number of ketones is 1. The van der Waals surface area contributed by atoms with Gasteiger partial charge >= 0.3 is 7.12 Å². The number of carbonyl (C=O) groups excluding carboxylic acids is 3.